The summed E-state index contributed by atoms with van der Waals surface area (Å²) in [5, 5.41) is 2.05. The predicted octanol–water partition coefficient (Wildman–Crippen LogP) is 7.31. The van der Waals surface area contributed by atoms with Crippen LogP contribution < -0.4 is 0 Å². The van der Waals surface area contributed by atoms with Gasteiger partial charge in [-0.15, -0.1) is 71.3 Å². The third-order valence-corrected chi connectivity index (χ3v) is 5.96. The molecule has 0 bridgehead atoms. The molecule has 0 amide bonds. The molecule has 0 atom stereocenters. The van der Waals surface area contributed by atoms with Crippen molar-refractivity contribution < 1.29 is 20.1 Å². The van der Waals surface area contributed by atoms with Gasteiger partial charge in [0.1, 0.15) is 6.33 Å². The Balaban J connectivity index is 0.000000192. The van der Waals surface area contributed by atoms with Crippen molar-refractivity contribution in [2.75, 3.05) is 0 Å². The number of rotatable bonds is 2. The number of pyridine rings is 1. The molecule has 0 aliphatic heterocycles. The van der Waals surface area contributed by atoms with Crippen LogP contribution in [0.3, 0.4) is 0 Å². The molecule has 33 heavy (non-hydrogen) atoms. The molecular formula is C28H25IrN3S-2. The Morgan fingerprint density at radius 2 is 1.70 bits per heavy atom. The van der Waals surface area contributed by atoms with Gasteiger partial charge >= 0.3 is 0 Å². The Morgan fingerprint density at radius 3 is 2.36 bits per heavy atom. The van der Waals surface area contributed by atoms with Crippen LogP contribution in [-0.4, -0.2) is 15.0 Å². The second kappa shape index (κ2) is 10.9. The zero-order valence-corrected chi connectivity index (χ0v) is 22.3. The average molecular weight is 628 g/mol. The molecule has 1 radical (unpaired) electrons. The van der Waals surface area contributed by atoms with Gasteiger partial charge in [-0.1, -0.05) is 32.9 Å². The number of hydrogen-bond acceptors (Lipinski definition) is 4. The number of aryl methyl sites for hydroxylation is 1. The molecule has 5 heteroatoms. The minimum Gasteiger partial charge on any atom is -0.302 e. The second-order valence-electron chi connectivity index (χ2n) is 8.54. The summed E-state index contributed by atoms with van der Waals surface area (Å²) in [4.78, 5) is 13.1. The first-order chi connectivity index (χ1) is 15.4. The van der Waals surface area contributed by atoms with Crippen LogP contribution in [0.1, 0.15) is 32.0 Å². The number of fused-ring (bicyclic) bond motifs is 1. The Kier molecular flexibility index (Phi) is 8.25. The van der Waals surface area contributed by atoms with Crippen LogP contribution in [0.2, 0.25) is 0 Å². The van der Waals surface area contributed by atoms with Gasteiger partial charge in [-0.2, -0.15) is 11.3 Å². The Bertz CT molecular complexity index is 1310. The van der Waals surface area contributed by atoms with Gasteiger partial charge in [0.2, 0.25) is 0 Å². The van der Waals surface area contributed by atoms with Gasteiger partial charge in [0, 0.05) is 36.2 Å². The van der Waals surface area contributed by atoms with Crippen molar-refractivity contribution in [3.05, 3.63) is 102 Å². The normalized spacial score (nSPS) is 10.8. The molecule has 0 aliphatic rings. The molecule has 169 valence electrons. The second-order valence-corrected chi connectivity index (χ2v) is 9.45. The van der Waals surface area contributed by atoms with Crippen molar-refractivity contribution in [1.29, 1.82) is 0 Å². The van der Waals surface area contributed by atoms with Crippen LogP contribution in [0.25, 0.3) is 32.7 Å². The van der Waals surface area contributed by atoms with Crippen LogP contribution >= 0.6 is 11.3 Å². The topological polar surface area (TPSA) is 38.7 Å². The van der Waals surface area contributed by atoms with E-state index in [9.17, 15) is 0 Å². The largest absolute Gasteiger partial charge is 0.302 e. The molecule has 0 fully saturated rings. The van der Waals surface area contributed by atoms with Gasteiger partial charge in [0.25, 0.3) is 0 Å². The molecule has 5 rings (SSSR count). The van der Waals surface area contributed by atoms with Gasteiger partial charge in [-0.3, -0.25) is 4.98 Å². The fourth-order valence-corrected chi connectivity index (χ4v) is 4.11. The van der Waals surface area contributed by atoms with E-state index in [-0.39, 0.29) is 25.5 Å². The molecule has 0 aliphatic carbocycles. The summed E-state index contributed by atoms with van der Waals surface area (Å²) in [5.41, 5.74) is 7.51. The van der Waals surface area contributed by atoms with E-state index < -0.39 is 0 Å². The quantitative estimate of drug-likeness (QED) is 0.193. The van der Waals surface area contributed by atoms with Crippen molar-refractivity contribution in [2.45, 2.75) is 33.1 Å². The van der Waals surface area contributed by atoms with Crippen LogP contribution in [0, 0.1) is 19.1 Å². The third kappa shape index (κ3) is 6.20. The standard InChI is InChI=1S/C16H15N2S.C12H10N.Ir/c1-16(2,3)12-6-4-11(5-7-12)14-15-13(8-9-19-15)17-10-18-14;1-10-6-5-9-12(13-10)11-7-3-2-4-8-11;/h4,6-10H,1-3H3;2-7,9H,1H3;/q2*-1;. The summed E-state index contributed by atoms with van der Waals surface area (Å²) in [7, 11) is 0. The maximum absolute atomic E-state index is 4.41. The fraction of sp³-hybridized carbons (Fsp3) is 0.179. The summed E-state index contributed by atoms with van der Waals surface area (Å²) in [6.45, 7) is 8.61. The maximum atomic E-state index is 4.41. The minimum absolute atomic E-state index is 0. The molecule has 0 N–H and O–H groups in total. The van der Waals surface area contributed by atoms with E-state index in [1.54, 1.807) is 17.7 Å². The smallest absolute Gasteiger partial charge is 0.106 e. The van der Waals surface area contributed by atoms with Crippen molar-refractivity contribution in [2.24, 2.45) is 0 Å². The molecule has 0 saturated heterocycles. The number of thiophene rings is 1. The van der Waals surface area contributed by atoms with E-state index in [0.717, 1.165) is 38.4 Å². The summed E-state index contributed by atoms with van der Waals surface area (Å²) < 4.78 is 1.13. The molecule has 2 aromatic carbocycles. The molecule has 0 saturated carbocycles. The first-order valence-electron chi connectivity index (χ1n) is 10.5. The van der Waals surface area contributed by atoms with E-state index in [1.807, 2.05) is 60.8 Å². The van der Waals surface area contributed by atoms with Gasteiger partial charge in [-0.05, 0) is 35.5 Å². The zero-order valence-electron chi connectivity index (χ0n) is 19.1. The molecule has 3 nitrogen and oxygen atoms in total. The monoisotopic (exact) mass is 628 g/mol. The molecule has 0 spiro atoms. The van der Waals surface area contributed by atoms with E-state index in [2.05, 4.69) is 66.1 Å². The van der Waals surface area contributed by atoms with Gasteiger partial charge in [-0.25, -0.2) is 4.98 Å². The first-order valence-corrected chi connectivity index (χ1v) is 11.4. The first kappa shape index (κ1) is 24.9. The Hall–Kier alpha value is -2.72. The number of benzene rings is 2. The summed E-state index contributed by atoms with van der Waals surface area (Å²) >= 11 is 1.67. The van der Waals surface area contributed by atoms with Crippen LogP contribution in [0.4, 0.5) is 0 Å². The van der Waals surface area contributed by atoms with Crippen LogP contribution in [0.5, 0.6) is 0 Å². The summed E-state index contributed by atoms with van der Waals surface area (Å²) in [5.74, 6) is 0. The van der Waals surface area contributed by atoms with Gasteiger partial charge < -0.3 is 4.98 Å². The van der Waals surface area contributed by atoms with Crippen molar-refractivity contribution in [1.82, 2.24) is 15.0 Å². The van der Waals surface area contributed by atoms with E-state index in [1.165, 1.54) is 5.56 Å². The predicted molar refractivity (Wildman–Crippen MR) is 134 cm³/mol. The van der Waals surface area contributed by atoms with Crippen molar-refractivity contribution >= 4 is 21.6 Å². The molecule has 3 aromatic heterocycles. The summed E-state index contributed by atoms with van der Waals surface area (Å²) in [6.07, 6.45) is 1.62. The SMILES string of the molecule is CC(C)(C)c1c[c-]c(-c2ncnc3ccsc23)cc1.Cc1cccc(-c2[c-]cccc2)n1.[Ir]. The van der Waals surface area contributed by atoms with E-state index >= 15 is 0 Å². The fourth-order valence-electron chi connectivity index (χ4n) is 3.26. The maximum Gasteiger partial charge on any atom is 0.106 e. The van der Waals surface area contributed by atoms with Crippen LogP contribution in [0.15, 0.2) is 78.4 Å². The van der Waals surface area contributed by atoms with Crippen molar-refractivity contribution in [3.63, 3.8) is 0 Å². The summed E-state index contributed by atoms with van der Waals surface area (Å²) in [6, 6.07) is 28.7. The van der Waals surface area contributed by atoms with E-state index in [4.69, 9.17) is 0 Å². The number of aromatic nitrogens is 3. The Morgan fingerprint density at radius 1 is 0.848 bits per heavy atom. The van der Waals surface area contributed by atoms with Gasteiger partial charge in [0.15, 0.2) is 0 Å². The zero-order chi connectivity index (χ0) is 22.6. The Labute approximate surface area is 213 Å². The number of nitrogens with zero attached hydrogens (tertiary/aromatic N) is 3. The average Bonchev–Trinajstić information content (AvgIpc) is 3.29. The number of hydrogen-bond donors (Lipinski definition) is 0. The third-order valence-electron chi connectivity index (χ3n) is 5.05. The molecule has 3 heterocycles. The molecular weight excluding hydrogens is 603 g/mol. The van der Waals surface area contributed by atoms with Crippen LogP contribution in [-0.2, 0) is 25.5 Å². The van der Waals surface area contributed by atoms with E-state index in [0.29, 0.717) is 0 Å². The van der Waals surface area contributed by atoms with Gasteiger partial charge in [0.05, 0.1) is 5.52 Å². The molecule has 0 unspecified atom stereocenters. The molecule has 5 aromatic rings. The minimum atomic E-state index is 0. The van der Waals surface area contributed by atoms with Crippen molar-refractivity contribution in [3.8, 4) is 22.5 Å².